The maximum atomic E-state index is 11.9. The van der Waals surface area contributed by atoms with Gasteiger partial charge in [0.15, 0.2) is 0 Å². The Morgan fingerprint density at radius 1 is 0.684 bits per heavy atom. The zero-order valence-corrected chi connectivity index (χ0v) is 11.1. The largest absolute Gasteiger partial charge is 0.372 e. The standard InChI is InChI=1S/C11H15N.C6H5F/c1-3-7-11(8-4-1)12-9-5-2-6-10-12;7-6-4-2-1-3-5-6/h1,3-4,7-8H,2,5-6,9-10H2;1-5H. The van der Waals surface area contributed by atoms with Gasteiger partial charge in [-0.15, -0.1) is 0 Å². The van der Waals surface area contributed by atoms with Gasteiger partial charge in [-0.1, -0.05) is 36.4 Å². The molecule has 100 valence electrons. The number of rotatable bonds is 1. The van der Waals surface area contributed by atoms with Crippen molar-refractivity contribution in [1.82, 2.24) is 0 Å². The summed E-state index contributed by atoms with van der Waals surface area (Å²) >= 11 is 0. The fourth-order valence-corrected chi connectivity index (χ4v) is 2.21. The van der Waals surface area contributed by atoms with Gasteiger partial charge in [0.25, 0.3) is 0 Å². The molecule has 0 atom stereocenters. The predicted molar refractivity (Wildman–Crippen MR) is 78.9 cm³/mol. The number of anilines is 1. The molecule has 0 spiro atoms. The van der Waals surface area contributed by atoms with Crippen LogP contribution in [0.4, 0.5) is 10.1 Å². The fraction of sp³-hybridized carbons (Fsp3) is 0.294. The maximum absolute atomic E-state index is 11.9. The third kappa shape index (κ3) is 4.74. The van der Waals surface area contributed by atoms with Crippen molar-refractivity contribution in [3.05, 3.63) is 66.5 Å². The number of hydrogen-bond acceptors (Lipinski definition) is 1. The van der Waals surface area contributed by atoms with E-state index in [2.05, 4.69) is 35.2 Å². The number of para-hydroxylation sites is 1. The van der Waals surface area contributed by atoms with Crippen molar-refractivity contribution >= 4 is 5.69 Å². The first-order valence-electron chi connectivity index (χ1n) is 6.87. The van der Waals surface area contributed by atoms with Crippen LogP contribution in [0.3, 0.4) is 0 Å². The van der Waals surface area contributed by atoms with Crippen molar-refractivity contribution in [3.63, 3.8) is 0 Å². The van der Waals surface area contributed by atoms with Crippen molar-refractivity contribution < 1.29 is 4.39 Å². The highest BCUT2D eigenvalue weighted by Gasteiger charge is 2.09. The molecule has 19 heavy (non-hydrogen) atoms. The van der Waals surface area contributed by atoms with Crippen LogP contribution in [-0.2, 0) is 0 Å². The van der Waals surface area contributed by atoms with E-state index in [9.17, 15) is 4.39 Å². The van der Waals surface area contributed by atoms with Crippen LogP contribution < -0.4 is 4.90 Å². The Hall–Kier alpha value is -1.83. The Morgan fingerprint density at radius 2 is 1.21 bits per heavy atom. The van der Waals surface area contributed by atoms with E-state index in [1.165, 1.54) is 50.2 Å². The van der Waals surface area contributed by atoms with Gasteiger partial charge in [-0.25, -0.2) is 4.39 Å². The molecule has 0 aliphatic carbocycles. The van der Waals surface area contributed by atoms with Gasteiger partial charge in [0.05, 0.1) is 0 Å². The van der Waals surface area contributed by atoms with Gasteiger partial charge in [-0.3, -0.25) is 0 Å². The Morgan fingerprint density at radius 3 is 1.68 bits per heavy atom. The highest BCUT2D eigenvalue weighted by molar-refractivity contribution is 5.46. The van der Waals surface area contributed by atoms with Crippen molar-refractivity contribution in [2.45, 2.75) is 19.3 Å². The van der Waals surface area contributed by atoms with Gasteiger partial charge in [0.1, 0.15) is 5.82 Å². The first kappa shape index (κ1) is 13.6. The molecule has 0 aromatic heterocycles. The molecule has 1 aliphatic heterocycles. The van der Waals surface area contributed by atoms with E-state index >= 15 is 0 Å². The molecule has 1 nitrogen and oxygen atoms in total. The molecule has 1 fully saturated rings. The lowest BCUT2D eigenvalue weighted by molar-refractivity contribution is 0.578. The van der Waals surface area contributed by atoms with Crippen LogP contribution in [0, 0.1) is 5.82 Å². The average molecular weight is 257 g/mol. The molecule has 0 saturated carbocycles. The molecule has 2 aromatic rings. The molecule has 1 aliphatic rings. The third-order valence-electron chi connectivity index (χ3n) is 3.21. The zero-order chi connectivity index (χ0) is 13.3. The number of nitrogens with zero attached hydrogens (tertiary/aromatic N) is 1. The first-order chi connectivity index (χ1) is 9.36. The molecule has 1 heterocycles. The quantitative estimate of drug-likeness (QED) is 0.727. The van der Waals surface area contributed by atoms with Crippen LogP contribution in [0.1, 0.15) is 19.3 Å². The number of piperidine rings is 1. The molecule has 1 saturated heterocycles. The Balaban J connectivity index is 0.000000163. The minimum Gasteiger partial charge on any atom is -0.372 e. The SMILES string of the molecule is Fc1ccccc1.c1ccc(N2CCCCC2)cc1. The van der Waals surface area contributed by atoms with Crippen molar-refractivity contribution in [3.8, 4) is 0 Å². The van der Waals surface area contributed by atoms with Gasteiger partial charge in [0, 0.05) is 18.8 Å². The van der Waals surface area contributed by atoms with E-state index in [1.807, 2.05) is 0 Å². The summed E-state index contributed by atoms with van der Waals surface area (Å²) in [5.74, 6) is -0.178. The molecule has 0 unspecified atom stereocenters. The second-order valence-corrected chi connectivity index (χ2v) is 4.68. The number of benzene rings is 2. The lowest BCUT2D eigenvalue weighted by atomic mass is 10.1. The van der Waals surface area contributed by atoms with Crippen LogP contribution in [0.25, 0.3) is 0 Å². The summed E-state index contributed by atoms with van der Waals surface area (Å²) in [5, 5.41) is 0. The normalized spacial score (nSPS) is 14.5. The van der Waals surface area contributed by atoms with Crippen LogP contribution in [0.5, 0.6) is 0 Å². The molecule has 0 radical (unpaired) electrons. The first-order valence-corrected chi connectivity index (χ1v) is 6.87. The van der Waals surface area contributed by atoms with Gasteiger partial charge in [-0.2, -0.15) is 0 Å². The minimum absolute atomic E-state index is 0.178. The lowest BCUT2D eigenvalue weighted by Gasteiger charge is -2.28. The Bertz CT molecular complexity index is 449. The van der Waals surface area contributed by atoms with Crippen LogP contribution in [0.2, 0.25) is 0 Å². The van der Waals surface area contributed by atoms with Gasteiger partial charge in [-0.05, 0) is 43.5 Å². The van der Waals surface area contributed by atoms with Crippen LogP contribution in [-0.4, -0.2) is 13.1 Å². The molecule has 2 heteroatoms. The van der Waals surface area contributed by atoms with Gasteiger partial charge < -0.3 is 4.90 Å². The summed E-state index contributed by atoms with van der Waals surface area (Å²) in [6.07, 6.45) is 4.12. The highest BCUT2D eigenvalue weighted by atomic mass is 19.1. The summed E-state index contributed by atoms with van der Waals surface area (Å²) in [5.41, 5.74) is 1.39. The summed E-state index contributed by atoms with van der Waals surface area (Å²) in [4.78, 5) is 2.48. The van der Waals surface area contributed by atoms with E-state index < -0.39 is 0 Å². The van der Waals surface area contributed by atoms with E-state index in [4.69, 9.17) is 0 Å². The second-order valence-electron chi connectivity index (χ2n) is 4.68. The molecule has 0 amide bonds. The van der Waals surface area contributed by atoms with E-state index in [0.717, 1.165) is 0 Å². The predicted octanol–water partition coefficient (Wildman–Crippen LogP) is 4.50. The molecule has 2 aromatic carbocycles. The summed E-state index contributed by atoms with van der Waals surface area (Å²) < 4.78 is 11.9. The van der Waals surface area contributed by atoms with Crippen molar-refractivity contribution in [1.29, 1.82) is 0 Å². The van der Waals surface area contributed by atoms with E-state index in [0.29, 0.717) is 0 Å². The molecule has 0 N–H and O–H groups in total. The van der Waals surface area contributed by atoms with E-state index in [1.54, 1.807) is 18.2 Å². The summed E-state index contributed by atoms with van der Waals surface area (Å²) in [6.45, 7) is 2.48. The van der Waals surface area contributed by atoms with Crippen LogP contribution >= 0.6 is 0 Å². The number of hydrogen-bond donors (Lipinski definition) is 0. The Kier molecular flexibility index (Phi) is 5.42. The minimum atomic E-state index is -0.178. The van der Waals surface area contributed by atoms with Crippen LogP contribution in [0.15, 0.2) is 60.7 Å². The van der Waals surface area contributed by atoms with E-state index in [-0.39, 0.29) is 5.82 Å². The molecule has 0 bridgehead atoms. The molecular weight excluding hydrogens is 237 g/mol. The highest BCUT2D eigenvalue weighted by Crippen LogP contribution is 2.18. The zero-order valence-electron chi connectivity index (χ0n) is 11.1. The summed E-state index contributed by atoms with van der Waals surface area (Å²) in [6, 6.07) is 18.6. The van der Waals surface area contributed by atoms with Crippen molar-refractivity contribution in [2.24, 2.45) is 0 Å². The average Bonchev–Trinajstić information content (AvgIpc) is 2.51. The number of halogens is 1. The van der Waals surface area contributed by atoms with Gasteiger partial charge in [0.2, 0.25) is 0 Å². The smallest absolute Gasteiger partial charge is 0.123 e. The Labute approximate surface area is 114 Å². The summed E-state index contributed by atoms with van der Waals surface area (Å²) in [7, 11) is 0. The fourth-order valence-electron chi connectivity index (χ4n) is 2.21. The third-order valence-corrected chi connectivity index (χ3v) is 3.21. The maximum Gasteiger partial charge on any atom is 0.123 e. The molecule has 3 rings (SSSR count). The monoisotopic (exact) mass is 257 g/mol. The topological polar surface area (TPSA) is 3.24 Å². The lowest BCUT2D eigenvalue weighted by Crippen LogP contribution is -2.29. The van der Waals surface area contributed by atoms with Gasteiger partial charge >= 0.3 is 0 Å². The van der Waals surface area contributed by atoms with Crippen molar-refractivity contribution in [2.75, 3.05) is 18.0 Å². The molecular formula is C17H20FN. The second kappa shape index (κ2) is 7.57.